The van der Waals surface area contributed by atoms with Crippen LogP contribution in [-0.4, -0.2) is 36.7 Å². The van der Waals surface area contributed by atoms with Gasteiger partial charge in [-0.2, -0.15) is 0 Å². The molecule has 0 unspecified atom stereocenters. The SMILES string of the molecule is CC[C@H](C)[C@H](NC(=O)CCCOc1cc(O)c2c(=O)cc(-c3ccccc3)oc2c1)C(=O)OC. The highest BCUT2D eigenvalue weighted by Crippen LogP contribution is 2.31. The van der Waals surface area contributed by atoms with Crippen molar-refractivity contribution in [3.63, 3.8) is 0 Å². The number of phenolic OH excluding ortho intramolecular Hbond substituents is 1. The van der Waals surface area contributed by atoms with Gasteiger partial charge in [0.05, 0.1) is 13.7 Å². The minimum absolute atomic E-state index is 0.0522. The molecule has 1 heterocycles. The highest BCUT2D eigenvalue weighted by Gasteiger charge is 2.26. The number of phenols is 1. The fourth-order valence-electron chi connectivity index (χ4n) is 3.54. The maximum Gasteiger partial charge on any atom is 0.328 e. The van der Waals surface area contributed by atoms with E-state index in [4.69, 9.17) is 13.9 Å². The van der Waals surface area contributed by atoms with E-state index in [1.54, 1.807) is 6.07 Å². The number of aromatic hydroxyl groups is 1. The van der Waals surface area contributed by atoms with Crippen molar-refractivity contribution in [2.75, 3.05) is 13.7 Å². The Morgan fingerprint density at radius 3 is 2.56 bits per heavy atom. The zero-order chi connectivity index (χ0) is 24.7. The van der Waals surface area contributed by atoms with Gasteiger partial charge in [-0.3, -0.25) is 9.59 Å². The van der Waals surface area contributed by atoms with E-state index in [2.05, 4.69) is 5.32 Å². The number of ether oxygens (including phenoxy) is 2. The van der Waals surface area contributed by atoms with E-state index in [9.17, 15) is 19.5 Å². The lowest BCUT2D eigenvalue weighted by atomic mass is 9.99. The molecule has 34 heavy (non-hydrogen) atoms. The Balaban J connectivity index is 1.65. The number of amides is 1. The number of nitrogens with one attached hydrogen (secondary N) is 1. The third kappa shape index (κ3) is 5.95. The second-order valence-electron chi connectivity index (χ2n) is 8.06. The third-order valence-electron chi connectivity index (χ3n) is 5.64. The van der Waals surface area contributed by atoms with Crippen LogP contribution in [0.1, 0.15) is 33.1 Å². The van der Waals surface area contributed by atoms with Crippen LogP contribution in [0.15, 0.2) is 57.7 Å². The van der Waals surface area contributed by atoms with E-state index in [1.165, 1.54) is 19.2 Å². The van der Waals surface area contributed by atoms with Gasteiger partial charge in [0.25, 0.3) is 0 Å². The van der Waals surface area contributed by atoms with Crippen molar-refractivity contribution >= 4 is 22.8 Å². The summed E-state index contributed by atoms with van der Waals surface area (Å²) in [7, 11) is 1.29. The number of hydrogen-bond donors (Lipinski definition) is 2. The van der Waals surface area contributed by atoms with Gasteiger partial charge in [-0.05, 0) is 12.3 Å². The molecule has 1 aromatic heterocycles. The molecule has 2 atom stereocenters. The van der Waals surface area contributed by atoms with Gasteiger partial charge in [-0.15, -0.1) is 0 Å². The minimum atomic E-state index is -0.692. The van der Waals surface area contributed by atoms with E-state index in [0.717, 1.165) is 12.0 Å². The van der Waals surface area contributed by atoms with Crippen molar-refractivity contribution in [3.8, 4) is 22.8 Å². The molecule has 3 rings (SSSR count). The predicted octanol–water partition coefficient (Wildman–Crippen LogP) is 4.03. The van der Waals surface area contributed by atoms with Gasteiger partial charge < -0.3 is 24.3 Å². The summed E-state index contributed by atoms with van der Waals surface area (Å²) in [6.07, 6.45) is 1.25. The van der Waals surface area contributed by atoms with Gasteiger partial charge in [-0.1, -0.05) is 50.6 Å². The molecular formula is C26H29NO7. The molecule has 0 radical (unpaired) electrons. The quantitative estimate of drug-likeness (QED) is 0.342. The van der Waals surface area contributed by atoms with Gasteiger partial charge in [0, 0.05) is 30.2 Å². The first kappa shape index (κ1) is 24.8. The summed E-state index contributed by atoms with van der Waals surface area (Å²) in [6, 6.07) is 12.7. The van der Waals surface area contributed by atoms with Crippen molar-refractivity contribution < 1.29 is 28.6 Å². The first-order valence-corrected chi connectivity index (χ1v) is 11.2. The van der Waals surface area contributed by atoms with Gasteiger partial charge in [0.15, 0.2) is 5.43 Å². The Morgan fingerprint density at radius 1 is 1.15 bits per heavy atom. The standard InChI is InChI=1S/C26H29NO7/c1-4-16(2)25(26(31)32-3)27-23(30)11-8-12-33-18-13-19(28)24-20(29)15-21(34-22(24)14-18)17-9-6-5-7-10-17/h5-7,9-10,13-16,25,28H,4,8,11-12H2,1-3H3,(H,27,30)/t16-,25-/m0/s1. The average Bonchev–Trinajstić information content (AvgIpc) is 2.84. The van der Waals surface area contributed by atoms with Crippen LogP contribution in [0.4, 0.5) is 0 Å². The molecular weight excluding hydrogens is 438 g/mol. The smallest absolute Gasteiger partial charge is 0.328 e. The summed E-state index contributed by atoms with van der Waals surface area (Å²) in [6.45, 7) is 4.00. The van der Waals surface area contributed by atoms with E-state index < -0.39 is 12.0 Å². The van der Waals surface area contributed by atoms with Crippen LogP contribution >= 0.6 is 0 Å². The highest BCUT2D eigenvalue weighted by atomic mass is 16.5. The summed E-state index contributed by atoms with van der Waals surface area (Å²) in [5, 5.41) is 13.1. The van der Waals surface area contributed by atoms with Gasteiger partial charge in [-0.25, -0.2) is 4.79 Å². The molecule has 8 heteroatoms. The lowest BCUT2D eigenvalue weighted by molar-refractivity contribution is -0.146. The third-order valence-corrected chi connectivity index (χ3v) is 5.64. The van der Waals surface area contributed by atoms with E-state index in [1.807, 2.05) is 44.2 Å². The zero-order valence-corrected chi connectivity index (χ0v) is 19.5. The van der Waals surface area contributed by atoms with Crippen LogP contribution in [0.3, 0.4) is 0 Å². The van der Waals surface area contributed by atoms with Crippen molar-refractivity contribution in [2.45, 2.75) is 39.2 Å². The van der Waals surface area contributed by atoms with Crippen molar-refractivity contribution in [1.82, 2.24) is 5.32 Å². The van der Waals surface area contributed by atoms with Crippen molar-refractivity contribution in [1.29, 1.82) is 0 Å². The maximum absolute atomic E-state index is 12.5. The number of rotatable bonds is 10. The van der Waals surface area contributed by atoms with Crippen LogP contribution in [0, 0.1) is 5.92 Å². The topological polar surface area (TPSA) is 115 Å². The molecule has 8 nitrogen and oxygen atoms in total. The fraction of sp³-hybridized carbons (Fsp3) is 0.346. The van der Waals surface area contributed by atoms with Crippen molar-refractivity contribution in [2.24, 2.45) is 5.92 Å². The second kappa shape index (κ2) is 11.4. The summed E-state index contributed by atoms with van der Waals surface area (Å²) < 4.78 is 16.3. The van der Waals surface area contributed by atoms with Gasteiger partial charge in [0.2, 0.25) is 5.91 Å². The van der Waals surface area contributed by atoms with Crippen LogP contribution < -0.4 is 15.5 Å². The number of benzene rings is 2. The first-order valence-electron chi connectivity index (χ1n) is 11.2. The maximum atomic E-state index is 12.5. The minimum Gasteiger partial charge on any atom is -0.507 e. The normalized spacial score (nSPS) is 12.7. The summed E-state index contributed by atoms with van der Waals surface area (Å²) >= 11 is 0. The molecule has 0 saturated carbocycles. The second-order valence-corrected chi connectivity index (χ2v) is 8.06. The molecule has 0 spiro atoms. The Morgan fingerprint density at radius 2 is 1.88 bits per heavy atom. The lowest BCUT2D eigenvalue weighted by Gasteiger charge is -2.21. The molecule has 1 amide bonds. The van der Waals surface area contributed by atoms with Gasteiger partial charge >= 0.3 is 5.97 Å². The molecule has 0 fully saturated rings. The van der Waals surface area contributed by atoms with Gasteiger partial charge in [0.1, 0.15) is 34.3 Å². The number of hydrogen-bond acceptors (Lipinski definition) is 7. The predicted molar refractivity (Wildman–Crippen MR) is 128 cm³/mol. The Labute approximate surface area is 197 Å². The van der Waals surface area contributed by atoms with Crippen LogP contribution in [0.25, 0.3) is 22.3 Å². The molecule has 0 saturated heterocycles. The molecule has 0 aliphatic heterocycles. The number of fused-ring (bicyclic) bond motifs is 1. The Kier molecular flexibility index (Phi) is 8.29. The highest BCUT2D eigenvalue weighted by molar-refractivity contribution is 5.86. The molecule has 0 aliphatic rings. The average molecular weight is 468 g/mol. The molecule has 0 aliphatic carbocycles. The molecule has 2 aromatic carbocycles. The van der Waals surface area contributed by atoms with E-state index in [0.29, 0.717) is 17.9 Å². The number of carbonyl (C=O) groups excluding carboxylic acids is 2. The Bertz CT molecular complexity index is 1200. The van der Waals surface area contributed by atoms with Crippen LogP contribution in [0.2, 0.25) is 0 Å². The Hall–Kier alpha value is -3.81. The first-order chi connectivity index (χ1) is 16.3. The molecule has 3 aromatic rings. The van der Waals surface area contributed by atoms with Crippen LogP contribution in [-0.2, 0) is 14.3 Å². The summed E-state index contributed by atoms with van der Waals surface area (Å²) in [5.74, 6) is -0.351. The van der Waals surface area contributed by atoms with Crippen LogP contribution in [0.5, 0.6) is 11.5 Å². The number of esters is 1. The summed E-state index contributed by atoms with van der Waals surface area (Å²) in [4.78, 5) is 36.7. The summed E-state index contributed by atoms with van der Waals surface area (Å²) in [5.41, 5.74) is 0.580. The molecule has 2 N–H and O–H groups in total. The molecule has 0 bridgehead atoms. The van der Waals surface area contributed by atoms with Crippen molar-refractivity contribution in [3.05, 3.63) is 58.8 Å². The lowest BCUT2D eigenvalue weighted by Crippen LogP contribution is -2.45. The zero-order valence-electron chi connectivity index (χ0n) is 19.5. The monoisotopic (exact) mass is 467 g/mol. The number of methoxy groups -OCH3 is 1. The van der Waals surface area contributed by atoms with E-state index in [-0.39, 0.29) is 47.0 Å². The molecule has 180 valence electrons. The van der Waals surface area contributed by atoms with E-state index >= 15 is 0 Å². The fourth-order valence-corrected chi connectivity index (χ4v) is 3.54. The largest absolute Gasteiger partial charge is 0.507 e. The number of carbonyl (C=O) groups is 2.